The number of ketones is 1. The molecule has 1 aliphatic carbocycles. The Hall–Kier alpha value is -0.510. The van der Waals surface area contributed by atoms with Crippen molar-refractivity contribution in [2.45, 2.75) is 45.6 Å². The number of nitrogens with zero attached hydrogens (tertiary/aromatic N) is 1. The molecule has 88 valence electrons. The summed E-state index contributed by atoms with van der Waals surface area (Å²) in [4.78, 5) is 13.0. The van der Waals surface area contributed by atoms with Crippen LogP contribution in [0.1, 0.15) is 33.1 Å². The second-order valence-electron chi connectivity index (χ2n) is 5.08. The van der Waals surface area contributed by atoms with Crippen molar-refractivity contribution in [3.05, 3.63) is 0 Å². The summed E-state index contributed by atoms with van der Waals surface area (Å²) in [5, 5.41) is 0. The molecule has 0 aliphatic heterocycles. The molecule has 0 aromatic heterocycles. The van der Waals surface area contributed by atoms with Crippen LogP contribution in [0.25, 0.3) is 0 Å². The molecule has 1 unspecified atom stereocenters. The van der Waals surface area contributed by atoms with Crippen LogP contribution < -0.4 is 0 Å². The van der Waals surface area contributed by atoms with Gasteiger partial charge in [0, 0.05) is 18.9 Å². The Kier molecular flexibility index (Phi) is 3.82. The summed E-state index contributed by atoms with van der Waals surface area (Å²) < 4.78 is 24.5. The van der Waals surface area contributed by atoms with Crippen LogP contribution in [0.4, 0.5) is 8.78 Å². The van der Waals surface area contributed by atoms with Crippen LogP contribution in [0.2, 0.25) is 0 Å². The lowest BCUT2D eigenvalue weighted by molar-refractivity contribution is -0.125. The Morgan fingerprint density at radius 3 is 2.67 bits per heavy atom. The fraction of sp³-hybridized carbons (Fsp3) is 0.909. The molecule has 1 saturated carbocycles. The van der Waals surface area contributed by atoms with E-state index in [4.69, 9.17) is 0 Å². The normalized spacial score (nSPS) is 26.3. The third kappa shape index (κ3) is 3.23. The molecular weight excluding hydrogens is 200 g/mol. The predicted octanol–water partition coefficient (Wildman–Crippen LogP) is 2.33. The highest BCUT2D eigenvalue weighted by molar-refractivity contribution is 5.80. The molecule has 4 heteroatoms. The van der Waals surface area contributed by atoms with Crippen molar-refractivity contribution < 1.29 is 13.6 Å². The first-order valence-corrected chi connectivity index (χ1v) is 5.33. The number of alkyl halides is 2. The third-order valence-electron chi connectivity index (χ3n) is 3.33. The number of carbonyl (C=O) groups is 1. The van der Waals surface area contributed by atoms with E-state index in [2.05, 4.69) is 0 Å². The Morgan fingerprint density at radius 1 is 1.53 bits per heavy atom. The van der Waals surface area contributed by atoms with Gasteiger partial charge in [0.05, 0.1) is 6.54 Å². The minimum Gasteiger partial charge on any atom is -0.300 e. The van der Waals surface area contributed by atoms with E-state index < -0.39 is 6.43 Å². The minimum absolute atomic E-state index is 0.0441. The standard InChI is InChI=1S/C11H19F2NO/c1-11(2)5-4-8(15)6-9(11)14(3)7-10(12)13/h9-10H,4-7H2,1-3H3. The van der Waals surface area contributed by atoms with E-state index in [0.29, 0.717) is 12.8 Å². The van der Waals surface area contributed by atoms with Gasteiger partial charge in [-0.15, -0.1) is 0 Å². The molecule has 1 rings (SSSR count). The van der Waals surface area contributed by atoms with Crippen molar-refractivity contribution in [1.82, 2.24) is 4.90 Å². The van der Waals surface area contributed by atoms with E-state index in [9.17, 15) is 13.6 Å². The molecule has 1 aliphatic rings. The molecule has 0 radical (unpaired) electrons. The number of hydrogen-bond acceptors (Lipinski definition) is 2. The average Bonchev–Trinajstić information content (AvgIpc) is 2.08. The Bertz CT molecular complexity index is 241. The van der Waals surface area contributed by atoms with Crippen molar-refractivity contribution >= 4 is 5.78 Å². The monoisotopic (exact) mass is 219 g/mol. The number of halogens is 2. The Balaban J connectivity index is 2.67. The van der Waals surface area contributed by atoms with Crippen molar-refractivity contribution in [2.75, 3.05) is 13.6 Å². The summed E-state index contributed by atoms with van der Waals surface area (Å²) in [6.45, 7) is 3.85. The maximum absolute atomic E-state index is 12.3. The van der Waals surface area contributed by atoms with Gasteiger partial charge >= 0.3 is 0 Å². The summed E-state index contributed by atoms with van der Waals surface area (Å²) >= 11 is 0. The lowest BCUT2D eigenvalue weighted by atomic mass is 9.72. The van der Waals surface area contributed by atoms with Crippen LogP contribution in [0.15, 0.2) is 0 Å². The fourth-order valence-electron chi connectivity index (χ4n) is 2.32. The second-order valence-corrected chi connectivity index (χ2v) is 5.08. The summed E-state index contributed by atoms with van der Waals surface area (Å²) in [6, 6.07) is -0.0484. The highest BCUT2D eigenvalue weighted by Gasteiger charge is 2.38. The average molecular weight is 219 g/mol. The maximum Gasteiger partial charge on any atom is 0.251 e. The van der Waals surface area contributed by atoms with Gasteiger partial charge in [0.1, 0.15) is 5.78 Å². The van der Waals surface area contributed by atoms with Gasteiger partial charge in [-0.3, -0.25) is 9.69 Å². The van der Waals surface area contributed by atoms with E-state index >= 15 is 0 Å². The van der Waals surface area contributed by atoms with E-state index in [0.717, 1.165) is 6.42 Å². The SMILES string of the molecule is CN(CC(F)F)C1CC(=O)CCC1(C)C. The number of hydrogen-bond donors (Lipinski definition) is 0. The molecule has 0 spiro atoms. The number of Topliss-reactive ketones (excluding diaryl/α,β-unsaturated/α-hetero) is 1. The van der Waals surface area contributed by atoms with Crippen LogP contribution in [-0.2, 0) is 4.79 Å². The highest BCUT2D eigenvalue weighted by atomic mass is 19.3. The first kappa shape index (κ1) is 12.6. The molecule has 0 aromatic carbocycles. The molecule has 0 heterocycles. The molecule has 1 atom stereocenters. The molecule has 0 saturated heterocycles. The molecule has 0 amide bonds. The van der Waals surface area contributed by atoms with Crippen molar-refractivity contribution in [3.63, 3.8) is 0 Å². The van der Waals surface area contributed by atoms with Crippen molar-refractivity contribution in [3.8, 4) is 0 Å². The van der Waals surface area contributed by atoms with Crippen molar-refractivity contribution in [1.29, 1.82) is 0 Å². The topological polar surface area (TPSA) is 20.3 Å². The van der Waals surface area contributed by atoms with Gasteiger partial charge in [0.25, 0.3) is 6.43 Å². The third-order valence-corrected chi connectivity index (χ3v) is 3.33. The van der Waals surface area contributed by atoms with Gasteiger partial charge in [-0.1, -0.05) is 13.8 Å². The van der Waals surface area contributed by atoms with Crippen LogP contribution in [0, 0.1) is 5.41 Å². The quantitative estimate of drug-likeness (QED) is 0.726. The predicted molar refractivity (Wildman–Crippen MR) is 55.1 cm³/mol. The molecule has 0 aromatic rings. The van der Waals surface area contributed by atoms with Crippen molar-refractivity contribution in [2.24, 2.45) is 5.41 Å². The smallest absolute Gasteiger partial charge is 0.251 e. The fourth-order valence-corrected chi connectivity index (χ4v) is 2.32. The minimum atomic E-state index is -2.33. The summed E-state index contributed by atoms with van der Waals surface area (Å²) in [5.74, 6) is 0.195. The first-order chi connectivity index (χ1) is 6.83. The summed E-state index contributed by atoms with van der Waals surface area (Å²) in [6.07, 6.45) is -0.533. The van der Waals surface area contributed by atoms with Gasteiger partial charge < -0.3 is 0 Å². The molecular formula is C11H19F2NO. The van der Waals surface area contributed by atoms with E-state index in [1.807, 2.05) is 13.8 Å². The zero-order chi connectivity index (χ0) is 11.6. The van der Waals surface area contributed by atoms with E-state index in [-0.39, 0.29) is 23.8 Å². The number of rotatable bonds is 3. The van der Waals surface area contributed by atoms with Gasteiger partial charge in [0.15, 0.2) is 0 Å². The molecule has 1 fully saturated rings. The lowest BCUT2D eigenvalue weighted by Crippen LogP contribution is -2.48. The first-order valence-electron chi connectivity index (χ1n) is 5.33. The maximum atomic E-state index is 12.3. The molecule has 0 bridgehead atoms. The van der Waals surface area contributed by atoms with Crippen LogP contribution in [-0.4, -0.2) is 36.7 Å². The van der Waals surface area contributed by atoms with Gasteiger partial charge in [-0.05, 0) is 18.9 Å². The van der Waals surface area contributed by atoms with Crippen LogP contribution in [0.3, 0.4) is 0 Å². The van der Waals surface area contributed by atoms with Gasteiger partial charge in [0.2, 0.25) is 0 Å². The molecule has 2 nitrogen and oxygen atoms in total. The summed E-state index contributed by atoms with van der Waals surface area (Å²) in [7, 11) is 1.68. The zero-order valence-corrected chi connectivity index (χ0v) is 9.59. The van der Waals surface area contributed by atoms with Crippen LogP contribution in [0.5, 0.6) is 0 Å². The van der Waals surface area contributed by atoms with Gasteiger partial charge in [-0.25, -0.2) is 8.78 Å². The largest absolute Gasteiger partial charge is 0.300 e. The molecule has 0 N–H and O–H groups in total. The molecule has 15 heavy (non-hydrogen) atoms. The van der Waals surface area contributed by atoms with Gasteiger partial charge in [-0.2, -0.15) is 0 Å². The lowest BCUT2D eigenvalue weighted by Gasteiger charge is -2.43. The second kappa shape index (κ2) is 4.56. The highest BCUT2D eigenvalue weighted by Crippen LogP contribution is 2.36. The Morgan fingerprint density at radius 2 is 2.13 bits per heavy atom. The zero-order valence-electron chi connectivity index (χ0n) is 9.59. The van der Waals surface area contributed by atoms with E-state index in [1.54, 1.807) is 11.9 Å². The van der Waals surface area contributed by atoms with E-state index in [1.165, 1.54) is 0 Å². The number of carbonyl (C=O) groups excluding carboxylic acids is 1. The Labute approximate surface area is 89.6 Å². The van der Waals surface area contributed by atoms with Crippen LogP contribution >= 0.6 is 0 Å². The summed E-state index contributed by atoms with van der Waals surface area (Å²) in [5.41, 5.74) is -0.0441.